The van der Waals surface area contributed by atoms with Crippen LogP contribution in [0.1, 0.15) is 30.0 Å². The van der Waals surface area contributed by atoms with Crippen molar-refractivity contribution in [2.45, 2.75) is 26.8 Å². The van der Waals surface area contributed by atoms with Crippen molar-refractivity contribution in [3.63, 3.8) is 0 Å². The van der Waals surface area contributed by atoms with Crippen LogP contribution < -0.4 is 5.32 Å². The number of hydrogen-bond donors (Lipinski definition) is 1. The molecule has 0 bridgehead atoms. The van der Waals surface area contributed by atoms with E-state index in [0.29, 0.717) is 5.69 Å². The number of hydrogen-bond acceptors (Lipinski definition) is 4. The van der Waals surface area contributed by atoms with Crippen LogP contribution in [0.5, 0.6) is 0 Å². The van der Waals surface area contributed by atoms with Crippen molar-refractivity contribution in [1.29, 1.82) is 0 Å². The van der Waals surface area contributed by atoms with Gasteiger partial charge in [-0.15, -0.1) is 0 Å². The highest BCUT2D eigenvalue weighted by Gasteiger charge is 2.17. The van der Waals surface area contributed by atoms with Gasteiger partial charge in [-0.25, -0.2) is 0 Å². The van der Waals surface area contributed by atoms with Crippen molar-refractivity contribution in [2.24, 2.45) is 0 Å². The average Bonchev–Trinajstić information content (AvgIpc) is 2.70. The van der Waals surface area contributed by atoms with Gasteiger partial charge >= 0.3 is 5.69 Å². The van der Waals surface area contributed by atoms with E-state index in [4.69, 9.17) is 4.42 Å². The van der Waals surface area contributed by atoms with Gasteiger partial charge in [-0.1, -0.05) is 0 Å². The van der Waals surface area contributed by atoms with E-state index >= 15 is 0 Å². The minimum absolute atomic E-state index is 0.0995. The number of furan rings is 1. The lowest BCUT2D eigenvalue weighted by Gasteiger charge is -2.14. The quantitative estimate of drug-likeness (QED) is 0.674. The summed E-state index contributed by atoms with van der Waals surface area (Å²) in [4.78, 5) is 9.97. The molecular formula is C14H15FN2O3. The number of rotatable bonds is 4. The van der Waals surface area contributed by atoms with Gasteiger partial charge in [-0.2, -0.15) is 4.39 Å². The van der Waals surface area contributed by atoms with Crippen molar-refractivity contribution in [3.8, 4) is 0 Å². The summed E-state index contributed by atoms with van der Waals surface area (Å²) in [5, 5.41) is 13.8. The Labute approximate surface area is 115 Å². The predicted octanol–water partition coefficient (Wildman–Crippen LogP) is 4.12. The fraction of sp³-hybridized carbons (Fsp3) is 0.286. The third-order valence-corrected chi connectivity index (χ3v) is 3.07. The molecule has 5 nitrogen and oxygen atoms in total. The molecule has 106 valence electrons. The normalized spacial score (nSPS) is 12.2. The van der Waals surface area contributed by atoms with Crippen LogP contribution in [0.15, 0.2) is 28.7 Å². The number of nitro benzene ring substituents is 1. The SMILES string of the molecule is Cc1cc(C(C)Nc2ccc(F)c([N+](=O)[O-])c2)c(C)o1. The lowest BCUT2D eigenvalue weighted by molar-refractivity contribution is -0.387. The lowest BCUT2D eigenvalue weighted by Crippen LogP contribution is -2.07. The van der Waals surface area contributed by atoms with E-state index < -0.39 is 16.4 Å². The zero-order valence-corrected chi connectivity index (χ0v) is 11.4. The molecule has 0 saturated carbocycles. The second-order valence-corrected chi connectivity index (χ2v) is 4.66. The molecule has 1 heterocycles. The fourth-order valence-corrected chi connectivity index (χ4v) is 2.15. The van der Waals surface area contributed by atoms with Crippen molar-refractivity contribution in [1.82, 2.24) is 0 Å². The van der Waals surface area contributed by atoms with Crippen molar-refractivity contribution in [2.75, 3.05) is 5.32 Å². The first-order chi connectivity index (χ1) is 9.38. The van der Waals surface area contributed by atoms with Crippen molar-refractivity contribution < 1.29 is 13.7 Å². The number of nitro groups is 1. The smallest absolute Gasteiger partial charge is 0.306 e. The number of aryl methyl sites for hydroxylation is 2. The van der Waals surface area contributed by atoms with Gasteiger partial charge in [0.2, 0.25) is 5.82 Å². The number of nitrogens with zero attached hydrogens (tertiary/aromatic N) is 1. The maximum absolute atomic E-state index is 13.3. The summed E-state index contributed by atoms with van der Waals surface area (Å²) in [6.07, 6.45) is 0. The maximum atomic E-state index is 13.3. The number of halogens is 1. The third-order valence-electron chi connectivity index (χ3n) is 3.07. The molecule has 1 unspecified atom stereocenters. The van der Waals surface area contributed by atoms with E-state index in [0.717, 1.165) is 23.2 Å². The van der Waals surface area contributed by atoms with Crippen LogP contribution in [0.2, 0.25) is 0 Å². The highest BCUT2D eigenvalue weighted by atomic mass is 19.1. The minimum Gasteiger partial charge on any atom is -0.466 e. The second-order valence-electron chi connectivity index (χ2n) is 4.66. The number of anilines is 1. The van der Waals surface area contributed by atoms with Gasteiger partial charge in [0, 0.05) is 17.3 Å². The molecule has 2 rings (SSSR count). The molecule has 20 heavy (non-hydrogen) atoms. The van der Waals surface area contributed by atoms with Crippen LogP contribution in [0.25, 0.3) is 0 Å². The molecule has 0 aliphatic rings. The molecule has 2 aromatic rings. The Kier molecular flexibility index (Phi) is 3.74. The molecule has 0 fully saturated rings. The zero-order chi connectivity index (χ0) is 14.9. The molecule has 1 aromatic heterocycles. The van der Waals surface area contributed by atoms with Crippen LogP contribution in [-0.4, -0.2) is 4.92 Å². The van der Waals surface area contributed by atoms with Gasteiger partial charge in [0.05, 0.1) is 11.0 Å². The van der Waals surface area contributed by atoms with Gasteiger partial charge in [-0.05, 0) is 39.0 Å². The Morgan fingerprint density at radius 3 is 2.60 bits per heavy atom. The summed E-state index contributed by atoms with van der Waals surface area (Å²) in [5.74, 6) is 0.749. The summed E-state index contributed by atoms with van der Waals surface area (Å²) in [6, 6.07) is 5.55. The van der Waals surface area contributed by atoms with Crippen LogP contribution in [0.4, 0.5) is 15.8 Å². The molecule has 0 amide bonds. The lowest BCUT2D eigenvalue weighted by atomic mass is 10.1. The summed E-state index contributed by atoms with van der Waals surface area (Å²) in [7, 11) is 0. The van der Waals surface area contributed by atoms with Crippen LogP contribution in [0.3, 0.4) is 0 Å². The maximum Gasteiger partial charge on any atom is 0.306 e. The summed E-state index contributed by atoms with van der Waals surface area (Å²) < 4.78 is 18.7. The fourth-order valence-electron chi connectivity index (χ4n) is 2.15. The first-order valence-corrected chi connectivity index (χ1v) is 6.16. The highest BCUT2D eigenvalue weighted by molar-refractivity contribution is 5.53. The van der Waals surface area contributed by atoms with Gasteiger partial charge in [0.25, 0.3) is 0 Å². The summed E-state index contributed by atoms with van der Waals surface area (Å²) in [6.45, 7) is 5.62. The molecule has 6 heteroatoms. The third kappa shape index (κ3) is 2.79. The first kappa shape index (κ1) is 14.0. The second kappa shape index (κ2) is 5.32. The Bertz CT molecular complexity index is 652. The van der Waals surface area contributed by atoms with E-state index in [1.807, 2.05) is 26.8 Å². The predicted molar refractivity (Wildman–Crippen MR) is 73.3 cm³/mol. The Balaban J connectivity index is 2.24. The van der Waals surface area contributed by atoms with Crippen LogP contribution in [-0.2, 0) is 0 Å². The average molecular weight is 278 g/mol. The zero-order valence-electron chi connectivity index (χ0n) is 11.4. The molecule has 0 radical (unpaired) electrons. The minimum atomic E-state index is -0.844. The van der Waals surface area contributed by atoms with Gasteiger partial charge < -0.3 is 9.73 Å². The van der Waals surface area contributed by atoms with E-state index in [-0.39, 0.29) is 6.04 Å². The van der Waals surface area contributed by atoms with E-state index in [9.17, 15) is 14.5 Å². The molecular weight excluding hydrogens is 263 g/mol. The van der Waals surface area contributed by atoms with Gasteiger partial charge in [0.1, 0.15) is 11.5 Å². The Hall–Kier alpha value is -2.37. The van der Waals surface area contributed by atoms with E-state index in [1.165, 1.54) is 12.1 Å². The van der Waals surface area contributed by atoms with E-state index in [1.54, 1.807) is 0 Å². The van der Waals surface area contributed by atoms with Crippen LogP contribution in [0, 0.1) is 29.8 Å². The Morgan fingerprint density at radius 2 is 2.05 bits per heavy atom. The molecule has 1 atom stereocenters. The molecule has 0 aliphatic heterocycles. The van der Waals surface area contributed by atoms with E-state index in [2.05, 4.69) is 5.32 Å². The standard InChI is InChI=1S/C14H15FN2O3/c1-8-6-12(10(3)20-8)9(2)16-11-4-5-13(15)14(7-11)17(18)19/h4-7,9,16H,1-3H3. The largest absolute Gasteiger partial charge is 0.466 e. The summed E-state index contributed by atoms with van der Waals surface area (Å²) in [5.41, 5.74) is 0.917. The van der Waals surface area contributed by atoms with Crippen molar-refractivity contribution >= 4 is 11.4 Å². The molecule has 1 N–H and O–H groups in total. The molecule has 0 aliphatic carbocycles. The number of benzene rings is 1. The number of nitrogens with one attached hydrogen (secondary N) is 1. The molecule has 0 spiro atoms. The summed E-state index contributed by atoms with van der Waals surface area (Å²) >= 11 is 0. The Morgan fingerprint density at radius 1 is 1.35 bits per heavy atom. The van der Waals surface area contributed by atoms with Gasteiger partial charge in [0.15, 0.2) is 0 Å². The molecule has 0 saturated heterocycles. The van der Waals surface area contributed by atoms with Gasteiger partial charge in [-0.3, -0.25) is 10.1 Å². The monoisotopic (exact) mass is 278 g/mol. The topological polar surface area (TPSA) is 68.3 Å². The molecule has 1 aromatic carbocycles. The first-order valence-electron chi connectivity index (χ1n) is 6.16. The van der Waals surface area contributed by atoms with Crippen LogP contribution >= 0.6 is 0 Å². The highest BCUT2D eigenvalue weighted by Crippen LogP contribution is 2.27. The van der Waals surface area contributed by atoms with Crippen molar-refractivity contribution in [3.05, 3.63) is 57.3 Å².